The quantitative estimate of drug-likeness (QED) is 0.626. The van der Waals surface area contributed by atoms with E-state index in [1.54, 1.807) is 6.92 Å². The van der Waals surface area contributed by atoms with Crippen LogP contribution in [0.2, 0.25) is 0 Å². The van der Waals surface area contributed by atoms with Gasteiger partial charge in [-0.05, 0) is 45.6 Å². The largest absolute Gasteiger partial charge is 0.494 e. The third-order valence-electron chi connectivity index (χ3n) is 4.22. The Balaban J connectivity index is 2.23. The highest BCUT2D eigenvalue weighted by Crippen LogP contribution is 2.36. The lowest BCUT2D eigenvalue weighted by molar-refractivity contribution is 0.00578. The van der Waals surface area contributed by atoms with Crippen LogP contribution in [0.5, 0.6) is 0 Å². The molecule has 1 aromatic rings. The first-order valence-corrected chi connectivity index (χ1v) is 9.07. The Morgan fingerprint density at radius 1 is 1.14 bits per heavy atom. The first-order chi connectivity index (χ1) is 9.91. The highest BCUT2D eigenvalue weighted by Gasteiger charge is 2.51. The van der Waals surface area contributed by atoms with E-state index in [0.29, 0.717) is 0 Å². The Hall–Kier alpha value is -0.885. The van der Waals surface area contributed by atoms with Crippen LogP contribution in [0.4, 0.5) is 0 Å². The first-order valence-electron chi connectivity index (χ1n) is 7.25. The second-order valence-corrected chi connectivity index (χ2v) is 8.30. The minimum atomic E-state index is -3.50. The normalized spacial score (nSPS) is 21.8. The summed E-state index contributed by atoms with van der Waals surface area (Å²) in [5.41, 5.74) is 0.781. The predicted molar refractivity (Wildman–Crippen MR) is 86.5 cm³/mol. The van der Waals surface area contributed by atoms with Gasteiger partial charge in [0.15, 0.2) is 0 Å². The van der Waals surface area contributed by atoms with Crippen molar-refractivity contribution in [3.05, 3.63) is 29.8 Å². The molecule has 22 heavy (non-hydrogen) atoms. The van der Waals surface area contributed by atoms with Crippen molar-refractivity contribution >= 4 is 22.7 Å². The molecule has 1 aliphatic rings. The van der Waals surface area contributed by atoms with Crippen LogP contribution in [0.25, 0.3) is 0 Å². The van der Waals surface area contributed by atoms with Crippen LogP contribution in [0, 0.1) is 0 Å². The summed E-state index contributed by atoms with van der Waals surface area (Å²) in [5, 5.41) is 0. The standard InChI is InChI=1S/C15H23BO5S/c1-11(19-22(6,17)18)12-8-7-9-13(10-12)16-20-14(2,3)15(4,5)21-16/h7-11H,1-6H3. The predicted octanol–water partition coefficient (Wildman–Crippen LogP) is 2.02. The Morgan fingerprint density at radius 3 is 2.18 bits per heavy atom. The van der Waals surface area contributed by atoms with Crippen LogP contribution < -0.4 is 5.46 Å². The van der Waals surface area contributed by atoms with Crippen molar-refractivity contribution in [3.8, 4) is 0 Å². The minimum absolute atomic E-state index is 0.414. The lowest BCUT2D eigenvalue weighted by atomic mass is 9.78. The van der Waals surface area contributed by atoms with E-state index < -0.39 is 34.5 Å². The summed E-state index contributed by atoms with van der Waals surface area (Å²) in [5.74, 6) is 0. The molecule has 0 radical (unpaired) electrons. The van der Waals surface area contributed by atoms with E-state index in [2.05, 4.69) is 0 Å². The van der Waals surface area contributed by atoms with Crippen LogP contribution in [-0.2, 0) is 23.6 Å². The van der Waals surface area contributed by atoms with Crippen LogP contribution in [0.15, 0.2) is 24.3 Å². The molecular weight excluding hydrogens is 303 g/mol. The number of benzene rings is 1. The Morgan fingerprint density at radius 2 is 1.68 bits per heavy atom. The summed E-state index contributed by atoms with van der Waals surface area (Å²) >= 11 is 0. The monoisotopic (exact) mass is 326 g/mol. The maximum atomic E-state index is 11.3. The Kier molecular flexibility index (Phi) is 4.47. The highest BCUT2D eigenvalue weighted by molar-refractivity contribution is 7.86. The van der Waals surface area contributed by atoms with E-state index in [0.717, 1.165) is 17.3 Å². The van der Waals surface area contributed by atoms with Gasteiger partial charge in [0.25, 0.3) is 10.1 Å². The third kappa shape index (κ3) is 3.71. The van der Waals surface area contributed by atoms with E-state index in [9.17, 15) is 8.42 Å². The fourth-order valence-corrected chi connectivity index (χ4v) is 2.89. The molecule has 5 nitrogen and oxygen atoms in total. The molecule has 0 bridgehead atoms. The summed E-state index contributed by atoms with van der Waals surface area (Å²) in [4.78, 5) is 0. The lowest BCUT2D eigenvalue weighted by Gasteiger charge is -2.32. The summed E-state index contributed by atoms with van der Waals surface area (Å²) in [6, 6.07) is 7.43. The summed E-state index contributed by atoms with van der Waals surface area (Å²) in [7, 11) is -3.98. The molecule has 0 aliphatic carbocycles. The van der Waals surface area contributed by atoms with Crippen molar-refractivity contribution in [3.63, 3.8) is 0 Å². The van der Waals surface area contributed by atoms with Gasteiger partial charge in [0.2, 0.25) is 0 Å². The van der Waals surface area contributed by atoms with Gasteiger partial charge >= 0.3 is 7.12 Å². The highest BCUT2D eigenvalue weighted by atomic mass is 32.2. The molecule has 1 unspecified atom stereocenters. The number of hydrogen-bond acceptors (Lipinski definition) is 5. The number of hydrogen-bond donors (Lipinski definition) is 0. The second kappa shape index (κ2) is 5.63. The maximum absolute atomic E-state index is 11.3. The summed E-state index contributed by atoms with van der Waals surface area (Å²) in [6.45, 7) is 9.67. The zero-order valence-corrected chi connectivity index (χ0v) is 14.7. The second-order valence-electron chi connectivity index (χ2n) is 6.70. The number of rotatable bonds is 4. The van der Waals surface area contributed by atoms with Gasteiger partial charge in [-0.3, -0.25) is 4.18 Å². The van der Waals surface area contributed by atoms with E-state index in [1.165, 1.54) is 0 Å². The molecule has 7 heteroatoms. The first kappa shape index (κ1) is 17.5. The topological polar surface area (TPSA) is 61.8 Å². The average molecular weight is 326 g/mol. The van der Waals surface area contributed by atoms with Crippen LogP contribution >= 0.6 is 0 Å². The van der Waals surface area contributed by atoms with Crippen molar-refractivity contribution in [2.75, 3.05) is 6.26 Å². The molecule has 122 valence electrons. The van der Waals surface area contributed by atoms with E-state index in [-0.39, 0.29) is 0 Å². The average Bonchev–Trinajstić information content (AvgIpc) is 2.57. The van der Waals surface area contributed by atoms with E-state index in [4.69, 9.17) is 13.5 Å². The molecule has 1 aliphatic heterocycles. The molecule has 2 rings (SSSR count). The summed E-state index contributed by atoms with van der Waals surface area (Å²) in [6.07, 6.45) is 0.485. The van der Waals surface area contributed by atoms with Crippen LogP contribution in [-0.4, -0.2) is 33.0 Å². The van der Waals surface area contributed by atoms with E-state index >= 15 is 0 Å². The molecule has 0 saturated carbocycles. The van der Waals surface area contributed by atoms with Gasteiger partial charge in [0.1, 0.15) is 0 Å². The third-order valence-corrected chi connectivity index (χ3v) is 4.86. The van der Waals surface area contributed by atoms with Gasteiger partial charge in [0.05, 0.1) is 23.6 Å². The lowest BCUT2D eigenvalue weighted by Crippen LogP contribution is -2.41. The van der Waals surface area contributed by atoms with Crippen molar-refractivity contribution < 1.29 is 21.9 Å². The van der Waals surface area contributed by atoms with Crippen LogP contribution in [0.3, 0.4) is 0 Å². The molecule has 1 atom stereocenters. The van der Waals surface area contributed by atoms with E-state index in [1.807, 2.05) is 52.0 Å². The van der Waals surface area contributed by atoms with Gasteiger partial charge in [-0.2, -0.15) is 8.42 Å². The molecule has 1 fully saturated rings. The molecule has 0 amide bonds. The molecule has 1 saturated heterocycles. The molecule has 0 N–H and O–H groups in total. The zero-order valence-electron chi connectivity index (χ0n) is 13.9. The molecule has 1 heterocycles. The fraction of sp³-hybridized carbons (Fsp3) is 0.600. The smallest absolute Gasteiger partial charge is 0.399 e. The van der Waals surface area contributed by atoms with Crippen molar-refractivity contribution in [2.24, 2.45) is 0 Å². The van der Waals surface area contributed by atoms with Gasteiger partial charge in [-0.25, -0.2) is 0 Å². The molecular formula is C15H23BO5S. The molecule has 0 aromatic heterocycles. The zero-order chi connectivity index (χ0) is 16.8. The Labute approximate surface area is 133 Å². The Bertz CT molecular complexity index is 638. The minimum Gasteiger partial charge on any atom is -0.399 e. The van der Waals surface area contributed by atoms with Gasteiger partial charge in [-0.15, -0.1) is 0 Å². The van der Waals surface area contributed by atoms with Gasteiger partial charge < -0.3 is 9.31 Å². The molecule has 1 aromatic carbocycles. The van der Waals surface area contributed by atoms with Crippen molar-refractivity contribution in [1.29, 1.82) is 0 Å². The molecule has 0 spiro atoms. The SMILES string of the molecule is CC(OS(C)(=O)=O)c1cccc(B2OC(C)(C)C(C)(C)O2)c1. The van der Waals surface area contributed by atoms with Crippen LogP contribution in [0.1, 0.15) is 46.3 Å². The maximum Gasteiger partial charge on any atom is 0.494 e. The van der Waals surface area contributed by atoms with Gasteiger partial charge in [0, 0.05) is 0 Å². The fourth-order valence-electron chi connectivity index (χ4n) is 2.26. The van der Waals surface area contributed by atoms with Gasteiger partial charge in [-0.1, -0.05) is 24.3 Å². The van der Waals surface area contributed by atoms with Crippen molar-refractivity contribution in [1.82, 2.24) is 0 Å². The van der Waals surface area contributed by atoms with Crippen molar-refractivity contribution in [2.45, 2.75) is 51.9 Å². The summed E-state index contributed by atoms with van der Waals surface area (Å²) < 4.78 is 39.5.